The molecule has 0 aliphatic heterocycles. The molecule has 0 bridgehead atoms. The zero-order chi connectivity index (χ0) is 13.3. The van der Waals surface area contributed by atoms with Gasteiger partial charge in [0.1, 0.15) is 5.75 Å². The van der Waals surface area contributed by atoms with Crippen molar-refractivity contribution >= 4 is 0 Å². The van der Waals surface area contributed by atoms with Crippen molar-refractivity contribution in [3.05, 3.63) is 42.1 Å². The third-order valence-corrected chi connectivity index (χ3v) is 2.56. The second-order valence-corrected chi connectivity index (χ2v) is 4.19. The van der Waals surface area contributed by atoms with Gasteiger partial charge in [-0.3, -0.25) is 0 Å². The number of aromatic nitrogens is 2. The zero-order valence-electron chi connectivity index (χ0n) is 11.1. The monoisotopic (exact) mass is 261 g/mol. The maximum atomic E-state index is 5.54. The Labute approximate surface area is 113 Å². The third kappa shape index (κ3) is 4.71. The number of rotatable bonds is 8. The topological polar surface area (TPSA) is 60.2 Å². The minimum absolute atomic E-state index is 0.305. The molecule has 0 aliphatic carbocycles. The lowest BCUT2D eigenvalue weighted by Gasteiger charge is -2.01. The molecular formula is C14H19N3O2. The summed E-state index contributed by atoms with van der Waals surface area (Å²) in [7, 11) is 0. The Bertz CT molecular complexity index is 471. The van der Waals surface area contributed by atoms with Crippen molar-refractivity contribution in [1.29, 1.82) is 0 Å². The number of benzene rings is 1. The summed E-state index contributed by atoms with van der Waals surface area (Å²) < 4.78 is 11.0. The van der Waals surface area contributed by atoms with E-state index in [4.69, 9.17) is 9.15 Å². The third-order valence-electron chi connectivity index (χ3n) is 2.56. The van der Waals surface area contributed by atoms with Crippen molar-refractivity contribution in [2.75, 3.05) is 13.1 Å². The van der Waals surface area contributed by atoms with Crippen LogP contribution in [0.3, 0.4) is 0 Å². The van der Waals surface area contributed by atoms with Crippen LogP contribution in [0, 0.1) is 0 Å². The van der Waals surface area contributed by atoms with Crippen LogP contribution in [-0.4, -0.2) is 23.3 Å². The van der Waals surface area contributed by atoms with Crippen LogP contribution >= 0.6 is 0 Å². The molecule has 0 fully saturated rings. The van der Waals surface area contributed by atoms with Gasteiger partial charge in [-0.2, -0.15) is 0 Å². The molecule has 0 aliphatic rings. The van der Waals surface area contributed by atoms with Crippen LogP contribution in [0.15, 0.2) is 34.7 Å². The Kier molecular flexibility index (Phi) is 5.37. The van der Waals surface area contributed by atoms with Crippen LogP contribution in [0.2, 0.25) is 0 Å². The van der Waals surface area contributed by atoms with Gasteiger partial charge in [-0.25, -0.2) is 0 Å². The second kappa shape index (κ2) is 7.53. The van der Waals surface area contributed by atoms with Gasteiger partial charge in [-0.15, -0.1) is 10.2 Å². The van der Waals surface area contributed by atoms with Gasteiger partial charge in [0.05, 0.1) is 0 Å². The highest BCUT2D eigenvalue weighted by molar-refractivity contribution is 5.20. The van der Waals surface area contributed by atoms with E-state index in [0.29, 0.717) is 18.4 Å². The summed E-state index contributed by atoms with van der Waals surface area (Å²) in [6, 6.07) is 9.58. The fourth-order valence-electron chi connectivity index (χ4n) is 1.61. The highest BCUT2D eigenvalue weighted by Gasteiger charge is 2.06. The van der Waals surface area contributed by atoms with Gasteiger partial charge >= 0.3 is 0 Å². The molecule has 0 radical (unpaired) electrons. The van der Waals surface area contributed by atoms with Crippen LogP contribution in [0.5, 0.6) is 5.75 Å². The zero-order valence-corrected chi connectivity index (χ0v) is 11.1. The molecule has 0 atom stereocenters. The number of hydrogen-bond donors (Lipinski definition) is 1. The van der Waals surface area contributed by atoms with Crippen molar-refractivity contribution in [2.45, 2.75) is 26.4 Å². The number of para-hydroxylation sites is 1. The van der Waals surface area contributed by atoms with Crippen molar-refractivity contribution in [1.82, 2.24) is 15.5 Å². The molecule has 102 valence electrons. The molecule has 1 aromatic heterocycles. The minimum Gasteiger partial charge on any atom is -0.484 e. The van der Waals surface area contributed by atoms with Crippen LogP contribution in [0.1, 0.15) is 25.1 Å². The molecule has 0 saturated carbocycles. The van der Waals surface area contributed by atoms with Gasteiger partial charge in [0.25, 0.3) is 5.89 Å². The van der Waals surface area contributed by atoms with Crippen LogP contribution in [0.4, 0.5) is 0 Å². The van der Waals surface area contributed by atoms with E-state index in [2.05, 4.69) is 22.4 Å². The lowest BCUT2D eigenvalue weighted by Crippen LogP contribution is -2.17. The molecule has 2 rings (SSSR count). The highest BCUT2D eigenvalue weighted by atomic mass is 16.5. The average molecular weight is 261 g/mol. The van der Waals surface area contributed by atoms with E-state index in [1.165, 1.54) is 0 Å². The van der Waals surface area contributed by atoms with Crippen molar-refractivity contribution in [3.8, 4) is 5.75 Å². The summed E-state index contributed by atoms with van der Waals surface area (Å²) in [6.45, 7) is 4.31. The van der Waals surface area contributed by atoms with E-state index in [1.807, 2.05) is 30.3 Å². The molecule has 1 aromatic carbocycles. The predicted molar refractivity (Wildman–Crippen MR) is 71.9 cm³/mol. The summed E-state index contributed by atoms with van der Waals surface area (Å²) in [4.78, 5) is 0. The van der Waals surface area contributed by atoms with Crippen molar-refractivity contribution in [3.63, 3.8) is 0 Å². The molecule has 5 heteroatoms. The number of nitrogens with zero attached hydrogens (tertiary/aromatic N) is 2. The standard InChI is InChI=1S/C14H19N3O2/c1-2-9-15-10-8-13-16-17-14(19-13)11-18-12-6-4-3-5-7-12/h3-7,15H,2,8-11H2,1H3. The van der Waals surface area contributed by atoms with Gasteiger partial charge in [0.2, 0.25) is 5.89 Å². The number of nitrogens with one attached hydrogen (secondary N) is 1. The summed E-state index contributed by atoms with van der Waals surface area (Å²) in [6.07, 6.45) is 1.87. The van der Waals surface area contributed by atoms with Crippen LogP contribution in [-0.2, 0) is 13.0 Å². The second-order valence-electron chi connectivity index (χ2n) is 4.19. The summed E-state index contributed by atoms with van der Waals surface area (Å²) in [5, 5.41) is 11.2. The Balaban J connectivity index is 1.74. The minimum atomic E-state index is 0.305. The van der Waals surface area contributed by atoms with Gasteiger partial charge in [-0.1, -0.05) is 25.1 Å². The van der Waals surface area contributed by atoms with Gasteiger partial charge < -0.3 is 14.5 Å². The quantitative estimate of drug-likeness (QED) is 0.738. The average Bonchev–Trinajstić information content (AvgIpc) is 2.91. The van der Waals surface area contributed by atoms with Gasteiger partial charge in [-0.05, 0) is 25.1 Å². The first kappa shape index (κ1) is 13.5. The lowest BCUT2D eigenvalue weighted by atomic mass is 10.3. The van der Waals surface area contributed by atoms with Crippen LogP contribution in [0.25, 0.3) is 0 Å². The first-order chi connectivity index (χ1) is 9.38. The molecule has 1 heterocycles. The maximum absolute atomic E-state index is 5.54. The molecule has 19 heavy (non-hydrogen) atoms. The van der Waals surface area contributed by atoms with Gasteiger partial charge in [0.15, 0.2) is 6.61 Å². The molecule has 1 N–H and O–H groups in total. The molecule has 2 aromatic rings. The predicted octanol–water partition coefficient (Wildman–Crippen LogP) is 2.19. The van der Waals surface area contributed by atoms with E-state index in [9.17, 15) is 0 Å². The van der Waals surface area contributed by atoms with E-state index < -0.39 is 0 Å². The van der Waals surface area contributed by atoms with Gasteiger partial charge in [0, 0.05) is 13.0 Å². The maximum Gasteiger partial charge on any atom is 0.253 e. The fraction of sp³-hybridized carbons (Fsp3) is 0.429. The van der Waals surface area contributed by atoms with Crippen LogP contribution < -0.4 is 10.1 Å². The summed E-state index contributed by atoms with van der Waals surface area (Å²) >= 11 is 0. The van der Waals surface area contributed by atoms with E-state index in [-0.39, 0.29) is 0 Å². The Morgan fingerprint density at radius 2 is 1.89 bits per heavy atom. The van der Waals surface area contributed by atoms with Crippen molar-refractivity contribution < 1.29 is 9.15 Å². The number of ether oxygens (including phenoxy) is 1. The Hall–Kier alpha value is -1.88. The first-order valence-corrected chi connectivity index (χ1v) is 6.58. The molecule has 0 unspecified atom stereocenters. The Morgan fingerprint density at radius 1 is 1.11 bits per heavy atom. The van der Waals surface area contributed by atoms with Crippen molar-refractivity contribution in [2.24, 2.45) is 0 Å². The largest absolute Gasteiger partial charge is 0.484 e. The summed E-state index contributed by atoms with van der Waals surface area (Å²) in [5.74, 6) is 1.96. The fourth-order valence-corrected chi connectivity index (χ4v) is 1.61. The molecule has 0 spiro atoms. The Morgan fingerprint density at radius 3 is 2.68 bits per heavy atom. The highest BCUT2D eigenvalue weighted by Crippen LogP contribution is 2.11. The molecule has 0 saturated heterocycles. The molecule has 5 nitrogen and oxygen atoms in total. The number of hydrogen-bond acceptors (Lipinski definition) is 5. The smallest absolute Gasteiger partial charge is 0.253 e. The molecular weight excluding hydrogens is 242 g/mol. The van der Waals surface area contributed by atoms with E-state index in [1.54, 1.807) is 0 Å². The normalized spacial score (nSPS) is 10.6. The lowest BCUT2D eigenvalue weighted by molar-refractivity contribution is 0.259. The molecule has 0 amide bonds. The van der Waals surface area contributed by atoms with E-state index in [0.717, 1.165) is 31.7 Å². The van der Waals surface area contributed by atoms with E-state index >= 15 is 0 Å². The SMILES string of the molecule is CCCNCCc1nnc(COc2ccccc2)o1. The first-order valence-electron chi connectivity index (χ1n) is 6.58. The summed E-state index contributed by atoms with van der Waals surface area (Å²) in [5.41, 5.74) is 0.